The number of hydrogen-bond donors (Lipinski definition) is 1. The maximum atomic E-state index is 6.17. The minimum Gasteiger partial charge on any atom is -0.478 e. The van der Waals surface area contributed by atoms with E-state index in [0.29, 0.717) is 20.9 Å². The molecule has 0 atom stereocenters. The SMILES string of the molecule is C#CCOc1c(Cl)cc(C=NNc2nc(-c3ccccc3)cs2)cc1Cl. The molecule has 1 heterocycles. The van der Waals surface area contributed by atoms with Crippen LogP contribution >= 0.6 is 34.5 Å². The van der Waals surface area contributed by atoms with E-state index in [2.05, 4.69) is 21.4 Å². The first-order chi connectivity index (χ1) is 12.7. The lowest BCUT2D eigenvalue weighted by Crippen LogP contribution is -1.96. The van der Waals surface area contributed by atoms with Crippen LogP contribution < -0.4 is 10.2 Å². The average molecular weight is 402 g/mol. The molecule has 0 spiro atoms. The van der Waals surface area contributed by atoms with Crippen LogP contribution in [0.2, 0.25) is 10.0 Å². The summed E-state index contributed by atoms with van der Waals surface area (Å²) in [5.41, 5.74) is 5.58. The number of terminal acetylenes is 1. The van der Waals surface area contributed by atoms with Gasteiger partial charge < -0.3 is 4.74 Å². The molecule has 0 fully saturated rings. The average Bonchev–Trinajstić information content (AvgIpc) is 3.11. The molecule has 26 heavy (non-hydrogen) atoms. The van der Waals surface area contributed by atoms with Gasteiger partial charge in [0.25, 0.3) is 0 Å². The quantitative estimate of drug-likeness (QED) is 0.333. The Bertz CT molecular complexity index is 941. The summed E-state index contributed by atoms with van der Waals surface area (Å²) in [4.78, 5) is 4.50. The molecule has 0 aliphatic carbocycles. The van der Waals surface area contributed by atoms with Crippen LogP contribution in [0.1, 0.15) is 5.56 Å². The van der Waals surface area contributed by atoms with Gasteiger partial charge in [0.15, 0.2) is 5.75 Å². The zero-order chi connectivity index (χ0) is 18.4. The lowest BCUT2D eigenvalue weighted by molar-refractivity contribution is 0.371. The number of aromatic nitrogens is 1. The van der Waals surface area contributed by atoms with Crippen molar-refractivity contribution in [3.05, 3.63) is 63.5 Å². The van der Waals surface area contributed by atoms with E-state index < -0.39 is 0 Å². The van der Waals surface area contributed by atoms with Crippen molar-refractivity contribution in [2.45, 2.75) is 0 Å². The van der Waals surface area contributed by atoms with Gasteiger partial charge in [-0.25, -0.2) is 4.98 Å². The van der Waals surface area contributed by atoms with Crippen LogP contribution in [0.5, 0.6) is 5.75 Å². The van der Waals surface area contributed by atoms with Crippen molar-refractivity contribution in [2.75, 3.05) is 12.0 Å². The van der Waals surface area contributed by atoms with Gasteiger partial charge in [-0.3, -0.25) is 5.43 Å². The molecule has 0 aliphatic heterocycles. The van der Waals surface area contributed by atoms with Crippen molar-refractivity contribution >= 4 is 45.9 Å². The van der Waals surface area contributed by atoms with Gasteiger partial charge in [-0.2, -0.15) is 5.10 Å². The van der Waals surface area contributed by atoms with Crippen LogP contribution in [0.15, 0.2) is 52.9 Å². The molecule has 3 rings (SSSR count). The molecular weight excluding hydrogens is 389 g/mol. The molecule has 4 nitrogen and oxygen atoms in total. The number of hydrogen-bond acceptors (Lipinski definition) is 5. The largest absolute Gasteiger partial charge is 0.478 e. The standard InChI is InChI=1S/C19H13Cl2N3OS/c1-2-8-25-18-15(20)9-13(10-16(18)21)11-22-24-19-23-17(12-26-19)14-6-4-3-5-7-14/h1,3-7,9-12H,8H2,(H,23,24). The van der Waals surface area contributed by atoms with Crippen molar-refractivity contribution in [3.63, 3.8) is 0 Å². The van der Waals surface area contributed by atoms with Crippen LogP contribution in [0.3, 0.4) is 0 Å². The number of ether oxygens (including phenoxy) is 1. The number of anilines is 1. The van der Waals surface area contributed by atoms with Crippen LogP contribution in [-0.2, 0) is 0 Å². The minimum absolute atomic E-state index is 0.0994. The zero-order valence-electron chi connectivity index (χ0n) is 13.4. The summed E-state index contributed by atoms with van der Waals surface area (Å²) in [6.07, 6.45) is 6.77. The maximum Gasteiger partial charge on any atom is 0.203 e. The summed E-state index contributed by atoms with van der Waals surface area (Å²) >= 11 is 13.8. The Hall–Kier alpha value is -2.52. The fourth-order valence-electron chi connectivity index (χ4n) is 2.13. The summed E-state index contributed by atoms with van der Waals surface area (Å²) in [5.74, 6) is 2.73. The number of rotatable bonds is 6. The van der Waals surface area contributed by atoms with Gasteiger partial charge >= 0.3 is 0 Å². The van der Waals surface area contributed by atoms with Crippen LogP contribution in [0, 0.1) is 12.3 Å². The molecule has 3 aromatic rings. The molecular formula is C19H13Cl2N3OS. The van der Waals surface area contributed by atoms with E-state index in [4.69, 9.17) is 34.4 Å². The molecule has 1 aromatic heterocycles. The van der Waals surface area contributed by atoms with E-state index in [-0.39, 0.29) is 6.61 Å². The smallest absolute Gasteiger partial charge is 0.203 e. The van der Waals surface area contributed by atoms with E-state index in [1.54, 1.807) is 18.3 Å². The molecule has 0 saturated heterocycles. The summed E-state index contributed by atoms with van der Waals surface area (Å²) < 4.78 is 5.32. The molecule has 0 aliphatic rings. The Balaban J connectivity index is 1.68. The summed E-state index contributed by atoms with van der Waals surface area (Å²) in [6.45, 7) is 0.0994. The Morgan fingerprint density at radius 2 is 1.96 bits per heavy atom. The third-order valence-electron chi connectivity index (χ3n) is 3.27. The third kappa shape index (κ3) is 4.55. The van der Waals surface area contributed by atoms with Gasteiger partial charge in [0, 0.05) is 10.9 Å². The van der Waals surface area contributed by atoms with Gasteiger partial charge in [-0.15, -0.1) is 17.8 Å². The summed E-state index contributed by atoms with van der Waals surface area (Å²) in [6, 6.07) is 13.3. The predicted octanol–water partition coefficient (Wildman–Crippen LogP) is 5.57. The number of halogens is 2. The molecule has 0 saturated carbocycles. The van der Waals surface area contributed by atoms with Gasteiger partial charge in [0.1, 0.15) is 6.61 Å². The highest BCUT2D eigenvalue weighted by Crippen LogP contribution is 2.33. The van der Waals surface area contributed by atoms with Gasteiger partial charge in [0.2, 0.25) is 5.13 Å². The highest BCUT2D eigenvalue weighted by molar-refractivity contribution is 7.14. The summed E-state index contributed by atoms with van der Waals surface area (Å²) in [7, 11) is 0. The van der Waals surface area contributed by atoms with Crippen LogP contribution in [0.25, 0.3) is 11.3 Å². The lowest BCUT2D eigenvalue weighted by Gasteiger charge is -2.08. The second-order valence-electron chi connectivity index (χ2n) is 5.08. The molecule has 0 radical (unpaired) electrons. The maximum absolute atomic E-state index is 6.17. The number of nitrogens with zero attached hydrogens (tertiary/aromatic N) is 2. The number of nitrogens with one attached hydrogen (secondary N) is 1. The lowest BCUT2D eigenvalue weighted by atomic mass is 10.2. The van der Waals surface area contributed by atoms with Crippen molar-refractivity contribution in [2.24, 2.45) is 5.10 Å². The van der Waals surface area contributed by atoms with E-state index in [0.717, 1.165) is 16.8 Å². The monoisotopic (exact) mass is 401 g/mol. The first-order valence-electron chi connectivity index (χ1n) is 7.52. The van der Waals surface area contributed by atoms with Crippen LogP contribution in [-0.4, -0.2) is 17.8 Å². The minimum atomic E-state index is 0.0994. The van der Waals surface area contributed by atoms with Crippen molar-refractivity contribution < 1.29 is 4.74 Å². The molecule has 7 heteroatoms. The fourth-order valence-corrected chi connectivity index (χ4v) is 3.42. The van der Waals surface area contributed by atoms with Gasteiger partial charge in [0.05, 0.1) is 22.0 Å². The van der Waals surface area contributed by atoms with Crippen molar-refractivity contribution in [1.82, 2.24) is 4.98 Å². The van der Waals surface area contributed by atoms with E-state index in [9.17, 15) is 0 Å². The third-order valence-corrected chi connectivity index (χ3v) is 4.58. The van der Waals surface area contributed by atoms with Crippen molar-refractivity contribution in [3.8, 4) is 29.4 Å². The number of benzene rings is 2. The van der Waals surface area contributed by atoms with Crippen molar-refractivity contribution in [1.29, 1.82) is 0 Å². The molecule has 0 bridgehead atoms. The number of thiazole rings is 1. The molecule has 0 unspecified atom stereocenters. The normalized spacial score (nSPS) is 10.7. The Kier molecular flexibility index (Phi) is 6.13. The van der Waals surface area contributed by atoms with Gasteiger partial charge in [-0.05, 0) is 17.7 Å². The van der Waals surface area contributed by atoms with Gasteiger partial charge in [-0.1, -0.05) is 59.5 Å². The Morgan fingerprint density at radius 3 is 2.65 bits per heavy atom. The first kappa shape index (κ1) is 18.3. The summed E-state index contributed by atoms with van der Waals surface area (Å²) in [5, 5.41) is 7.57. The molecule has 0 amide bonds. The molecule has 2 aromatic carbocycles. The second-order valence-corrected chi connectivity index (χ2v) is 6.75. The van der Waals surface area contributed by atoms with E-state index >= 15 is 0 Å². The Morgan fingerprint density at radius 1 is 1.23 bits per heavy atom. The first-order valence-corrected chi connectivity index (χ1v) is 9.16. The topological polar surface area (TPSA) is 46.5 Å². The van der Waals surface area contributed by atoms with E-state index in [1.165, 1.54) is 11.3 Å². The molecule has 1 N–H and O–H groups in total. The Labute approximate surface area is 165 Å². The zero-order valence-corrected chi connectivity index (χ0v) is 15.8. The molecule has 130 valence electrons. The fraction of sp³-hybridized carbons (Fsp3) is 0.0526. The second kappa shape index (κ2) is 8.72. The van der Waals surface area contributed by atoms with E-state index in [1.807, 2.05) is 35.7 Å². The highest BCUT2D eigenvalue weighted by Gasteiger charge is 2.09. The number of hydrazone groups is 1. The van der Waals surface area contributed by atoms with Crippen LogP contribution in [0.4, 0.5) is 5.13 Å². The highest BCUT2D eigenvalue weighted by atomic mass is 35.5. The predicted molar refractivity (Wildman–Crippen MR) is 110 cm³/mol.